The summed E-state index contributed by atoms with van der Waals surface area (Å²) in [6.45, 7) is 0. The van der Waals surface area contributed by atoms with Crippen LogP contribution < -0.4 is 5.32 Å². The van der Waals surface area contributed by atoms with Crippen molar-refractivity contribution in [3.63, 3.8) is 0 Å². The molecule has 3 aromatic rings. The first-order valence-electron chi connectivity index (χ1n) is 6.94. The highest BCUT2D eigenvalue weighted by Crippen LogP contribution is 2.23. The zero-order valence-corrected chi connectivity index (χ0v) is 12.0. The highest BCUT2D eigenvalue weighted by Gasteiger charge is 2.11. The van der Waals surface area contributed by atoms with E-state index in [9.17, 15) is 8.78 Å². The number of nitrogens with zero attached hydrogens (tertiary/aromatic N) is 1. The van der Waals surface area contributed by atoms with E-state index in [1.54, 1.807) is 36.4 Å². The number of rotatable bonds is 4. The average Bonchev–Trinajstić information content (AvgIpc) is 2.99. The lowest BCUT2D eigenvalue weighted by Gasteiger charge is -2.04. The van der Waals surface area contributed by atoms with Crippen molar-refractivity contribution in [2.45, 2.75) is 6.42 Å². The van der Waals surface area contributed by atoms with Crippen molar-refractivity contribution >= 4 is 11.6 Å². The molecular weight excluding hydrogens is 298 g/mol. The first kappa shape index (κ1) is 14.8. The van der Waals surface area contributed by atoms with Gasteiger partial charge in [-0.2, -0.15) is 5.26 Å². The fourth-order valence-electron chi connectivity index (χ4n) is 2.19. The van der Waals surface area contributed by atoms with Crippen LogP contribution in [0, 0.1) is 23.0 Å². The Morgan fingerprint density at radius 1 is 0.957 bits per heavy atom. The number of furan rings is 1. The Balaban J connectivity index is 1.74. The van der Waals surface area contributed by atoms with E-state index in [1.807, 2.05) is 6.07 Å². The van der Waals surface area contributed by atoms with E-state index < -0.39 is 11.6 Å². The Morgan fingerprint density at radius 2 is 1.65 bits per heavy atom. The number of anilines is 2. The van der Waals surface area contributed by atoms with Gasteiger partial charge in [0.25, 0.3) is 0 Å². The molecule has 0 aliphatic rings. The number of hydrogen-bond acceptors (Lipinski definition) is 3. The molecule has 0 unspecified atom stereocenters. The van der Waals surface area contributed by atoms with Gasteiger partial charge in [-0.1, -0.05) is 6.07 Å². The third-order valence-electron chi connectivity index (χ3n) is 3.36. The fraction of sp³-hybridized carbons (Fsp3) is 0.0556. The Labute approximate surface area is 131 Å². The van der Waals surface area contributed by atoms with Crippen LogP contribution in [0.1, 0.15) is 16.9 Å². The molecule has 23 heavy (non-hydrogen) atoms. The number of hydrogen-bond donors (Lipinski definition) is 1. The molecule has 0 aliphatic carbocycles. The molecule has 1 heterocycles. The standard InChI is InChI=1S/C18H12F2N2O/c19-16-2-1-3-17(20)15(16)10-14-8-9-18(23-14)22-13-6-4-12(11-21)5-7-13/h1-9,22H,10H2. The summed E-state index contributed by atoms with van der Waals surface area (Å²) in [5.41, 5.74) is 1.29. The summed E-state index contributed by atoms with van der Waals surface area (Å²) in [4.78, 5) is 0. The number of nitriles is 1. The molecule has 3 rings (SSSR count). The van der Waals surface area contributed by atoms with Crippen molar-refractivity contribution in [3.8, 4) is 6.07 Å². The summed E-state index contributed by atoms with van der Waals surface area (Å²) >= 11 is 0. The summed E-state index contributed by atoms with van der Waals surface area (Å²) in [7, 11) is 0. The van der Waals surface area contributed by atoms with Crippen LogP contribution in [0.4, 0.5) is 20.4 Å². The molecule has 0 saturated heterocycles. The molecule has 0 saturated carbocycles. The van der Waals surface area contributed by atoms with E-state index in [4.69, 9.17) is 9.68 Å². The van der Waals surface area contributed by atoms with Gasteiger partial charge in [0.05, 0.1) is 11.6 Å². The zero-order valence-electron chi connectivity index (χ0n) is 12.0. The molecule has 0 bridgehead atoms. The number of halogens is 2. The van der Waals surface area contributed by atoms with E-state index in [2.05, 4.69) is 5.32 Å². The van der Waals surface area contributed by atoms with E-state index in [1.165, 1.54) is 18.2 Å². The zero-order chi connectivity index (χ0) is 16.2. The van der Waals surface area contributed by atoms with Crippen molar-refractivity contribution in [2.24, 2.45) is 0 Å². The molecular formula is C18H12F2N2O. The minimum absolute atomic E-state index is 0.0215. The molecule has 1 aromatic heterocycles. The van der Waals surface area contributed by atoms with Crippen molar-refractivity contribution in [1.82, 2.24) is 0 Å². The topological polar surface area (TPSA) is 49.0 Å². The molecule has 2 aromatic carbocycles. The lowest BCUT2D eigenvalue weighted by Crippen LogP contribution is -1.95. The highest BCUT2D eigenvalue weighted by atomic mass is 19.1. The molecule has 5 heteroatoms. The highest BCUT2D eigenvalue weighted by molar-refractivity contribution is 5.56. The first-order valence-corrected chi connectivity index (χ1v) is 6.94. The Kier molecular flexibility index (Phi) is 4.07. The van der Waals surface area contributed by atoms with Crippen molar-refractivity contribution in [1.29, 1.82) is 5.26 Å². The molecule has 0 amide bonds. The van der Waals surface area contributed by atoms with Crippen LogP contribution in [0.2, 0.25) is 0 Å². The van der Waals surface area contributed by atoms with Gasteiger partial charge < -0.3 is 9.73 Å². The van der Waals surface area contributed by atoms with Crippen LogP contribution in [-0.2, 0) is 6.42 Å². The van der Waals surface area contributed by atoms with Crippen LogP contribution in [-0.4, -0.2) is 0 Å². The minimum atomic E-state index is -0.594. The van der Waals surface area contributed by atoms with Gasteiger partial charge in [0.1, 0.15) is 17.4 Å². The maximum atomic E-state index is 13.6. The molecule has 0 atom stereocenters. The van der Waals surface area contributed by atoms with Gasteiger partial charge in [-0.15, -0.1) is 0 Å². The molecule has 0 spiro atoms. The SMILES string of the molecule is N#Cc1ccc(Nc2ccc(Cc3c(F)cccc3F)o2)cc1. The van der Waals surface area contributed by atoms with Gasteiger partial charge >= 0.3 is 0 Å². The van der Waals surface area contributed by atoms with Gasteiger partial charge in [0.2, 0.25) is 0 Å². The lowest BCUT2D eigenvalue weighted by molar-refractivity contribution is 0.513. The molecule has 1 N–H and O–H groups in total. The van der Waals surface area contributed by atoms with Crippen molar-refractivity contribution < 1.29 is 13.2 Å². The summed E-state index contributed by atoms with van der Waals surface area (Å²) in [6, 6.07) is 16.0. The third-order valence-corrected chi connectivity index (χ3v) is 3.36. The quantitative estimate of drug-likeness (QED) is 0.755. The normalized spacial score (nSPS) is 10.3. The number of benzene rings is 2. The summed E-state index contributed by atoms with van der Waals surface area (Å²) < 4.78 is 32.8. The maximum absolute atomic E-state index is 13.6. The van der Waals surface area contributed by atoms with Gasteiger partial charge in [-0.05, 0) is 42.5 Å². The Bertz CT molecular complexity index is 843. The molecule has 3 nitrogen and oxygen atoms in total. The largest absolute Gasteiger partial charge is 0.445 e. The minimum Gasteiger partial charge on any atom is -0.445 e. The molecule has 114 valence electrons. The van der Waals surface area contributed by atoms with Crippen LogP contribution in [0.5, 0.6) is 0 Å². The molecule has 0 fully saturated rings. The van der Waals surface area contributed by atoms with E-state index in [0.717, 1.165) is 5.69 Å². The maximum Gasteiger partial charge on any atom is 0.197 e. The fourth-order valence-corrected chi connectivity index (χ4v) is 2.19. The van der Waals surface area contributed by atoms with Gasteiger partial charge in [0.15, 0.2) is 5.88 Å². The Hall–Kier alpha value is -3.13. The van der Waals surface area contributed by atoms with Crippen molar-refractivity contribution in [2.75, 3.05) is 5.32 Å². The van der Waals surface area contributed by atoms with Gasteiger partial charge in [0, 0.05) is 23.7 Å². The Morgan fingerprint density at radius 3 is 2.30 bits per heavy atom. The van der Waals surface area contributed by atoms with E-state index in [-0.39, 0.29) is 12.0 Å². The van der Waals surface area contributed by atoms with E-state index >= 15 is 0 Å². The van der Waals surface area contributed by atoms with Crippen LogP contribution >= 0.6 is 0 Å². The predicted molar refractivity (Wildman–Crippen MR) is 82.3 cm³/mol. The molecule has 0 aliphatic heterocycles. The second-order valence-corrected chi connectivity index (χ2v) is 4.96. The monoisotopic (exact) mass is 310 g/mol. The van der Waals surface area contributed by atoms with Gasteiger partial charge in [-0.3, -0.25) is 0 Å². The predicted octanol–water partition coefficient (Wildman–Crippen LogP) is 4.76. The lowest BCUT2D eigenvalue weighted by atomic mass is 10.1. The summed E-state index contributed by atoms with van der Waals surface area (Å²) in [5, 5.41) is 11.8. The summed E-state index contributed by atoms with van der Waals surface area (Å²) in [6.07, 6.45) is 0.0353. The molecule has 0 radical (unpaired) electrons. The van der Waals surface area contributed by atoms with Gasteiger partial charge in [-0.25, -0.2) is 8.78 Å². The van der Waals surface area contributed by atoms with Crippen LogP contribution in [0.3, 0.4) is 0 Å². The first-order chi connectivity index (χ1) is 11.2. The second kappa shape index (κ2) is 6.32. The van der Waals surface area contributed by atoms with Crippen molar-refractivity contribution in [3.05, 3.63) is 83.1 Å². The third kappa shape index (κ3) is 3.38. The second-order valence-electron chi connectivity index (χ2n) is 4.96. The number of nitrogens with one attached hydrogen (secondary N) is 1. The summed E-state index contributed by atoms with van der Waals surface area (Å²) in [5.74, 6) is -0.280. The van der Waals surface area contributed by atoms with Crippen LogP contribution in [0.25, 0.3) is 0 Å². The van der Waals surface area contributed by atoms with Crippen LogP contribution in [0.15, 0.2) is 59.0 Å². The smallest absolute Gasteiger partial charge is 0.197 e. The van der Waals surface area contributed by atoms with E-state index in [0.29, 0.717) is 17.2 Å². The average molecular weight is 310 g/mol.